The van der Waals surface area contributed by atoms with Crippen molar-refractivity contribution in [2.75, 3.05) is 37.7 Å². The Morgan fingerprint density at radius 1 is 1.00 bits per heavy atom. The molecule has 1 aromatic carbocycles. The van der Waals surface area contributed by atoms with Gasteiger partial charge in [-0.15, -0.1) is 0 Å². The van der Waals surface area contributed by atoms with Crippen LogP contribution in [0.2, 0.25) is 0 Å². The van der Waals surface area contributed by atoms with E-state index in [2.05, 4.69) is 11.0 Å². The third-order valence-corrected chi connectivity index (χ3v) is 8.13. The van der Waals surface area contributed by atoms with Crippen LogP contribution in [0.4, 0.5) is 0 Å². The molecule has 1 amide bonds. The second-order valence-electron chi connectivity index (χ2n) is 8.23. The largest absolute Gasteiger partial charge is 0.340 e. The predicted molar refractivity (Wildman–Crippen MR) is 107 cm³/mol. The molecule has 0 unspecified atom stereocenters. The Morgan fingerprint density at radius 2 is 1.75 bits per heavy atom. The molecule has 0 saturated carbocycles. The Labute approximate surface area is 166 Å². The maximum absolute atomic E-state index is 12.5. The van der Waals surface area contributed by atoms with E-state index in [0.717, 1.165) is 24.8 Å². The summed E-state index contributed by atoms with van der Waals surface area (Å²) in [6.07, 6.45) is 4.49. The first-order valence-corrected chi connectivity index (χ1v) is 12.1. The van der Waals surface area contributed by atoms with Gasteiger partial charge in [0.15, 0.2) is 15.6 Å². The summed E-state index contributed by atoms with van der Waals surface area (Å²) in [5, 5.41) is 0. The van der Waals surface area contributed by atoms with Gasteiger partial charge in [-0.2, -0.15) is 0 Å². The number of hydrogen-bond donors (Lipinski definition) is 0. The molecule has 6 nitrogen and oxygen atoms in total. The zero-order chi connectivity index (χ0) is 19.7. The smallest absolute Gasteiger partial charge is 0.223 e. The van der Waals surface area contributed by atoms with E-state index in [1.807, 2.05) is 17.0 Å². The summed E-state index contributed by atoms with van der Waals surface area (Å²) >= 11 is 0. The zero-order valence-corrected chi connectivity index (χ0v) is 17.0. The van der Waals surface area contributed by atoms with Crippen molar-refractivity contribution in [3.05, 3.63) is 34.9 Å². The van der Waals surface area contributed by atoms with Crippen molar-refractivity contribution in [2.45, 2.75) is 44.6 Å². The van der Waals surface area contributed by atoms with Gasteiger partial charge in [-0.05, 0) is 42.9 Å². The van der Waals surface area contributed by atoms with Crippen molar-refractivity contribution in [1.82, 2.24) is 9.80 Å². The molecule has 152 valence electrons. The van der Waals surface area contributed by atoms with Crippen LogP contribution in [-0.4, -0.2) is 73.6 Å². The summed E-state index contributed by atoms with van der Waals surface area (Å²) < 4.78 is 23.3. The fourth-order valence-electron chi connectivity index (χ4n) is 4.67. The normalized spacial score (nSPS) is 24.3. The van der Waals surface area contributed by atoms with Gasteiger partial charge in [0, 0.05) is 50.6 Å². The van der Waals surface area contributed by atoms with E-state index in [9.17, 15) is 18.0 Å². The van der Waals surface area contributed by atoms with E-state index in [4.69, 9.17) is 0 Å². The molecule has 1 aromatic rings. The molecular formula is C21H28N2O4S. The number of hydrogen-bond acceptors (Lipinski definition) is 5. The first kappa shape index (κ1) is 19.6. The number of benzene rings is 1. The average molecular weight is 405 g/mol. The second-order valence-corrected chi connectivity index (χ2v) is 10.5. The van der Waals surface area contributed by atoms with Crippen LogP contribution in [0.5, 0.6) is 0 Å². The summed E-state index contributed by atoms with van der Waals surface area (Å²) in [5.74, 6) is 0.587. The van der Waals surface area contributed by atoms with Gasteiger partial charge in [-0.25, -0.2) is 8.42 Å². The monoisotopic (exact) mass is 404 g/mol. The Bertz CT molecular complexity index is 872. The molecule has 2 saturated heterocycles. The molecule has 1 aliphatic carbocycles. The molecule has 2 heterocycles. The van der Waals surface area contributed by atoms with Crippen molar-refractivity contribution in [3.8, 4) is 0 Å². The number of sulfone groups is 1. The molecule has 2 aliphatic heterocycles. The van der Waals surface area contributed by atoms with E-state index in [0.29, 0.717) is 32.6 Å². The number of nitrogens with zero attached hydrogens (tertiary/aromatic N) is 2. The molecule has 1 atom stereocenters. The molecule has 0 aromatic heterocycles. The number of piperazine rings is 1. The minimum absolute atomic E-state index is 0.0215. The highest BCUT2D eigenvalue weighted by atomic mass is 32.2. The van der Waals surface area contributed by atoms with Crippen molar-refractivity contribution < 1.29 is 18.0 Å². The number of aryl methyl sites for hydroxylation is 2. The maximum atomic E-state index is 12.5. The minimum atomic E-state index is -2.88. The Balaban J connectivity index is 1.24. The molecule has 4 rings (SSSR count). The fraction of sp³-hybridized carbons (Fsp3) is 0.619. The van der Waals surface area contributed by atoms with Gasteiger partial charge in [0.05, 0.1) is 11.5 Å². The molecule has 0 radical (unpaired) electrons. The number of carbonyl (C=O) groups excluding carboxylic acids is 2. The van der Waals surface area contributed by atoms with E-state index in [1.165, 1.54) is 11.1 Å². The number of rotatable bonds is 5. The van der Waals surface area contributed by atoms with Crippen LogP contribution in [0.15, 0.2) is 18.2 Å². The van der Waals surface area contributed by atoms with Gasteiger partial charge in [0.2, 0.25) is 5.91 Å². The van der Waals surface area contributed by atoms with Crippen molar-refractivity contribution in [3.63, 3.8) is 0 Å². The number of fused-ring (bicyclic) bond motifs is 1. The summed E-state index contributed by atoms with van der Waals surface area (Å²) in [5.41, 5.74) is 3.35. The molecule has 0 spiro atoms. The van der Waals surface area contributed by atoms with Crippen LogP contribution in [-0.2, 0) is 27.5 Å². The fourth-order valence-corrected chi connectivity index (χ4v) is 6.43. The van der Waals surface area contributed by atoms with Crippen LogP contribution < -0.4 is 0 Å². The van der Waals surface area contributed by atoms with Crippen molar-refractivity contribution >= 4 is 21.5 Å². The third kappa shape index (κ3) is 4.30. The van der Waals surface area contributed by atoms with E-state index in [1.54, 1.807) is 0 Å². The SMILES string of the molecule is O=C(CCC(=O)N1CCN([C@@H]2CCS(=O)(=O)C2)CC1)c1ccc2c(c1)CCC2. The standard InChI is InChI=1S/C21H28N2O4S/c24-20(18-5-4-16-2-1-3-17(16)14-18)6-7-21(25)23-11-9-22(10-12-23)19-8-13-28(26,27)15-19/h4-5,14,19H,1-3,6-13,15H2/t19-/m1/s1. The van der Waals surface area contributed by atoms with Gasteiger partial charge in [0.1, 0.15) is 0 Å². The summed E-state index contributed by atoms with van der Waals surface area (Å²) in [4.78, 5) is 29.0. The van der Waals surface area contributed by atoms with Gasteiger partial charge in [-0.1, -0.05) is 12.1 Å². The lowest BCUT2D eigenvalue weighted by Gasteiger charge is -2.37. The number of Topliss-reactive ketones (excluding diaryl/α,β-unsaturated/α-hetero) is 1. The summed E-state index contributed by atoms with van der Waals surface area (Å²) in [6, 6.07) is 6.05. The van der Waals surface area contributed by atoms with Gasteiger partial charge in [-0.3, -0.25) is 14.5 Å². The Hall–Kier alpha value is -1.73. The van der Waals surface area contributed by atoms with E-state index < -0.39 is 9.84 Å². The highest BCUT2D eigenvalue weighted by Gasteiger charge is 2.34. The van der Waals surface area contributed by atoms with Crippen molar-refractivity contribution in [2.24, 2.45) is 0 Å². The molecule has 2 fully saturated rings. The lowest BCUT2D eigenvalue weighted by molar-refractivity contribution is -0.133. The number of carbonyl (C=O) groups is 2. The Kier molecular flexibility index (Phi) is 5.56. The molecule has 3 aliphatic rings. The average Bonchev–Trinajstić information content (AvgIpc) is 3.31. The second kappa shape index (κ2) is 7.95. The highest BCUT2D eigenvalue weighted by molar-refractivity contribution is 7.91. The quantitative estimate of drug-likeness (QED) is 0.695. The van der Waals surface area contributed by atoms with Gasteiger partial charge in [0.25, 0.3) is 0 Å². The predicted octanol–water partition coefficient (Wildman–Crippen LogP) is 1.47. The minimum Gasteiger partial charge on any atom is -0.340 e. The molecule has 7 heteroatoms. The molecular weight excluding hydrogens is 376 g/mol. The number of amides is 1. The zero-order valence-electron chi connectivity index (χ0n) is 16.2. The lowest BCUT2D eigenvalue weighted by atomic mass is 10.0. The summed E-state index contributed by atoms with van der Waals surface area (Å²) in [6.45, 7) is 2.65. The molecule has 0 bridgehead atoms. The van der Waals surface area contributed by atoms with Crippen LogP contribution >= 0.6 is 0 Å². The number of ketones is 1. The summed E-state index contributed by atoms with van der Waals surface area (Å²) in [7, 11) is -2.88. The highest BCUT2D eigenvalue weighted by Crippen LogP contribution is 2.24. The van der Waals surface area contributed by atoms with Crippen LogP contribution in [0.25, 0.3) is 0 Å². The van der Waals surface area contributed by atoms with E-state index in [-0.39, 0.29) is 42.1 Å². The van der Waals surface area contributed by atoms with Crippen LogP contribution in [0.1, 0.15) is 47.2 Å². The third-order valence-electron chi connectivity index (χ3n) is 6.38. The first-order valence-electron chi connectivity index (χ1n) is 10.3. The first-order chi connectivity index (χ1) is 13.4. The van der Waals surface area contributed by atoms with Gasteiger partial charge < -0.3 is 4.90 Å². The van der Waals surface area contributed by atoms with Crippen molar-refractivity contribution in [1.29, 1.82) is 0 Å². The lowest BCUT2D eigenvalue weighted by Crippen LogP contribution is -2.52. The van der Waals surface area contributed by atoms with Gasteiger partial charge >= 0.3 is 0 Å². The topological polar surface area (TPSA) is 74.8 Å². The van der Waals surface area contributed by atoms with E-state index >= 15 is 0 Å². The van der Waals surface area contributed by atoms with Crippen LogP contribution in [0, 0.1) is 0 Å². The molecule has 28 heavy (non-hydrogen) atoms. The maximum Gasteiger partial charge on any atom is 0.223 e. The Morgan fingerprint density at radius 3 is 2.46 bits per heavy atom. The van der Waals surface area contributed by atoms with Crippen LogP contribution in [0.3, 0.4) is 0 Å². The molecule has 0 N–H and O–H groups in total.